The van der Waals surface area contributed by atoms with E-state index in [1.165, 1.54) is 6.92 Å². The molecule has 0 amide bonds. The number of ketones is 1. The number of rotatable bonds is 3. The summed E-state index contributed by atoms with van der Waals surface area (Å²) >= 11 is 0. The molecule has 21 heavy (non-hydrogen) atoms. The van der Waals surface area contributed by atoms with Crippen LogP contribution < -0.4 is 0 Å². The van der Waals surface area contributed by atoms with E-state index in [1.807, 2.05) is 42.5 Å². The first-order valence-electron chi connectivity index (χ1n) is 6.61. The number of aromatic nitrogens is 2. The summed E-state index contributed by atoms with van der Waals surface area (Å²) in [7, 11) is 0. The van der Waals surface area contributed by atoms with Crippen LogP contribution in [0.4, 0.5) is 0 Å². The van der Waals surface area contributed by atoms with Gasteiger partial charge < -0.3 is 10.1 Å². The first-order valence-corrected chi connectivity index (χ1v) is 6.61. The fourth-order valence-electron chi connectivity index (χ4n) is 2.26. The van der Waals surface area contributed by atoms with Crippen molar-refractivity contribution in [2.24, 2.45) is 0 Å². The number of benzene rings is 2. The molecule has 0 bridgehead atoms. The number of hydrogen-bond acceptors (Lipinski definition) is 3. The minimum atomic E-state index is -0.240. The molecular formula is C17H14N2O2. The van der Waals surface area contributed by atoms with Crippen molar-refractivity contribution in [3.63, 3.8) is 0 Å². The number of nitrogens with zero attached hydrogens (tertiary/aromatic N) is 1. The van der Waals surface area contributed by atoms with E-state index in [1.54, 1.807) is 12.1 Å². The molecule has 0 saturated heterocycles. The summed E-state index contributed by atoms with van der Waals surface area (Å²) in [5.74, 6) is 0.0719. The number of aromatic amines is 1. The molecule has 4 heteroatoms. The predicted molar refractivity (Wildman–Crippen MR) is 82.7 cm³/mol. The molecule has 0 aliphatic heterocycles. The van der Waals surface area contributed by atoms with Gasteiger partial charge in [-0.05, 0) is 19.1 Å². The monoisotopic (exact) mass is 278 g/mol. The quantitative estimate of drug-likeness (QED) is 0.568. The predicted octanol–water partition coefficient (Wildman–Crippen LogP) is 3.58. The summed E-state index contributed by atoms with van der Waals surface area (Å²) in [5.41, 5.74) is 2.36. The van der Waals surface area contributed by atoms with Gasteiger partial charge in [0, 0.05) is 5.56 Å². The SMILES string of the molecule is CC(=O)/C(=C(\O)c1ccccc1)c1nc2ccccc2[nH]1. The lowest BCUT2D eigenvalue weighted by molar-refractivity contribution is -0.111. The molecule has 0 fully saturated rings. The van der Waals surface area contributed by atoms with Crippen molar-refractivity contribution in [3.05, 3.63) is 66.0 Å². The van der Waals surface area contributed by atoms with Crippen molar-refractivity contribution >= 4 is 28.1 Å². The van der Waals surface area contributed by atoms with Gasteiger partial charge in [0.25, 0.3) is 0 Å². The van der Waals surface area contributed by atoms with Gasteiger partial charge in [-0.25, -0.2) is 4.98 Å². The number of Topliss-reactive ketones (excluding diaryl/α,β-unsaturated/α-hetero) is 1. The molecule has 1 aromatic heterocycles. The highest BCUT2D eigenvalue weighted by Gasteiger charge is 2.18. The van der Waals surface area contributed by atoms with Crippen LogP contribution in [0.5, 0.6) is 0 Å². The molecule has 0 aliphatic carbocycles. The average Bonchev–Trinajstić information content (AvgIpc) is 2.91. The molecule has 0 radical (unpaired) electrons. The van der Waals surface area contributed by atoms with Gasteiger partial charge in [0.15, 0.2) is 5.78 Å². The summed E-state index contributed by atoms with van der Waals surface area (Å²) in [6, 6.07) is 16.5. The number of hydrogen-bond donors (Lipinski definition) is 2. The molecule has 2 aromatic carbocycles. The maximum Gasteiger partial charge on any atom is 0.167 e. The Hall–Kier alpha value is -2.88. The van der Waals surface area contributed by atoms with Crippen LogP contribution in [0.2, 0.25) is 0 Å². The zero-order chi connectivity index (χ0) is 14.8. The standard InChI is InChI=1S/C17H14N2O2/c1-11(20)15(16(21)12-7-3-2-4-8-12)17-18-13-9-5-6-10-14(13)19-17/h2-10,21H,1H3,(H,18,19)/b16-15+. The van der Waals surface area contributed by atoms with E-state index >= 15 is 0 Å². The minimum Gasteiger partial charge on any atom is -0.506 e. The minimum absolute atomic E-state index is 0.0674. The Morgan fingerprint density at radius 2 is 1.71 bits per heavy atom. The lowest BCUT2D eigenvalue weighted by Crippen LogP contribution is -2.02. The van der Waals surface area contributed by atoms with Gasteiger partial charge in [-0.1, -0.05) is 42.5 Å². The van der Waals surface area contributed by atoms with Crippen LogP contribution >= 0.6 is 0 Å². The molecular weight excluding hydrogens is 264 g/mol. The fraction of sp³-hybridized carbons (Fsp3) is 0.0588. The van der Waals surface area contributed by atoms with E-state index in [0.29, 0.717) is 11.4 Å². The number of nitrogens with one attached hydrogen (secondary N) is 1. The Labute approximate surface area is 121 Å². The molecule has 0 spiro atoms. The lowest BCUT2D eigenvalue weighted by Gasteiger charge is -2.05. The van der Waals surface area contributed by atoms with Crippen LogP contribution in [0.1, 0.15) is 18.3 Å². The second-order valence-corrected chi connectivity index (χ2v) is 4.75. The number of H-pyrrole nitrogens is 1. The van der Waals surface area contributed by atoms with Gasteiger partial charge in [0.05, 0.1) is 11.0 Å². The van der Waals surface area contributed by atoms with Crippen LogP contribution in [-0.2, 0) is 4.79 Å². The zero-order valence-electron chi connectivity index (χ0n) is 11.5. The number of aliphatic hydroxyl groups excluding tert-OH is 1. The van der Waals surface area contributed by atoms with E-state index in [2.05, 4.69) is 9.97 Å². The van der Waals surface area contributed by atoms with E-state index in [0.717, 1.165) is 11.0 Å². The third-order valence-electron chi connectivity index (χ3n) is 3.26. The largest absolute Gasteiger partial charge is 0.506 e. The van der Waals surface area contributed by atoms with E-state index in [9.17, 15) is 9.90 Å². The van der Waals surface area contributed by atoms with Crippen LogP contribution in [0, 0.1) is 0 Å². The van der Waals surface area contributed by atoms with Crippen molar-refractivity contribution in [2.45, 2.75) is 6.92 Å². The average molecular weight is 278 g/mol. The normalized spacial score (nSPS) is 12.2. The lowest BCUT2D eigenvalue weighted by atomic mass is 10.1. The van der Waals surface area contributed by atoms with E-state index in [-0.39, 0.29) is 17.1 Å². The van der Waals surface area contributed by atoms with Crippen molar-refractivity contribution in [1.82, 2.24) is 9.97 Å². The first-order chi connectivity index (χ1) is 10.2. The first kappa shape index (κ1) is 13.1. The number of aliphatic hydroxyl groups is 1. The number of para-hydroxylation sites is 2. The number of fused-ring (bicyclic) bond motifs is 1. The third kappa shape index (κ3) is 2.43. The summed E-state index contributed by atoms with van der Waals surface area (Å²) < 4.78 is 0. The van der Waals surface area contributed by atoms with Crippen molar-refractivity contribution in [3.8, 4) is 0 Å². The maximum atomic E-state index is 12.0. The van der Waals surface area contributed by atoms with Crippen LogP contribution in [0.25, 0.3) is 22.4 Å². The number of imidazole rings is 1. The van der Waals surface area contributed by atoms with Crippen LogP contribution in [-0.4, -0.2) is 20.9 Å². The van der Waals surface area contributed by atoms with Crippen LogP contribution in [0.3, 0.4) is 0 Å². The second-order valence-electron chi connectivity index (χ2n) is 4.75. The van der Waals surface area contributed by atoms with Crippen molar-refractivity contribution < 1.29 is 9.90 Å². The Kier molecular flexibility index (Phi) is 3.28. The van der Waals surface area contributed by atoms with Gasteiger partial charge in [-0.2, -0.15) is 0 Å². The molecule has 3 rings (SSSR count). The molecule has 1 heterocycles. The molecule has 0 atom stereocenters. The highest BCUT2D eigenvalue weighted by Crippen LogP contribution is 2.25. The molecule has 104 valence electrons. The molecule has 0 unspecified atom stereocenters. The third-order valence-corrected chi connectivity index (χ3v) is 3.26. The Morgan fingerprint density at radius 1 is 1.05 bits per heavy atom. The molecule has 4 nitrogen and oxygen atoms in total. The van der Waals surface area contributed by atoms with Crippen molar-refractivity contribution in [1.29, 1.82) is 0 Å². The van der Waals surface area contributed by atoms with Crippen LogP contribution in [0.15, 0.2) is 54.6 Å². The molecule has 0 saturated carbocycles. The topological polar surface area (TPSA) is 66.0 Å². The number of carbonyl (C=O) groups excluding carboxylic acids is 1. The van der Waals surface area contributed by atoms with Crippen molar-refractivity contribution in [2.75, 3.05) is 0 Å². The molecule has 2 N–H and O–H groups in total. The summed E-state index contributed by atoms with van der Waals surface area (Å²) in [6.45, 7) is 1.42. The second kappa shape index (κ2) is 5.25. The smallest absolute Gasteiger partial charge is 0.167 e. The Morgan fingerprint density at radius 3 is 2.38 bits per heavy atom. The van der Waals surface area contributed by atoms with Gasteiger partial charge in [-0.15, -0.1) is 0 Å². The van der Waals surface area contributed by atoms with Gasteiger partial charge in [0.2, 0.25) is 0 Å². The molecule has 0 aliphatic rings. The highest BCUT2D eigenvalue weighted by atomic mass is 16.3. The van der Waals surface area contributed by atoms with E-state index in [4.69, 9.17) is 0 Å². The highest BCUT2D eigenvalue weighted by molar-refractivity contribution is 6.25. The van der Waals surface area contributed by atoms with Gasteiger partial charge in [-0.3, -0.25) is 4.79 Å². The molecule has 3 aromatic rings. The Balaban J connectivity index is 2.20. The van der Waals surface area contributed by atoms with E-state index < -0.39 is 0 Å². The maximum absolute atomic E-state index is 12.0. The fourth-order valence-corrected chi connectivity index (χ4v) is 2.26. The van der Waals surface area contributed by atoms with Gasteiger partial charge in [0.1, 0.15) is 17.2 Å². The Bertz CT molecular complexity index is 799. The van der Waals surface area contributed by atoms with Gasteiger partial charge >= 0.3 is 0 Å². The summed E-state index contributed by atoms with van der Waals surface area (Å²) in [6.07, 6.45) is 0. The summed E-state index contributed by atoms with van der Waals surface area (Å²) in [5, 5.41) is 10.4. The number of carbonyl (C=O) groups is 1. The number of allylic oxidation sites excluding steroid dienone is 1. The summed E-state index contributed by atoms with van der Waals surface area (Å²) in [4.78, 5) is 19.4. The zero-order valence-corrected chi connectivity index (χ0v) is 11.5.